The van der Waals surface area contributed by atoms with E-state index in [1.54, 1.807) is 12.1 Å². The number of nitrogens with one attached hydrogen (secondary N) is 1. The molecule has 1 atom stereocenters. The quantitative estimate of drug-likeness (QED) is 0.856. The smallest absolute Gasteiger partial charge is 0.241 e. The van der Waals surface area contributed by atoms with E-state index in [-0.39, 0.29) is 16.7 Å². The molecule has 0 spiro atoms. The Balaban J connectivity index is 2.05. The highest BCUT2D eigenvalue weighted by Crippen LogP contribution is 2.20. The Labute approximate surface area is 124 Å². The number of carbonyl (C=O) groups is 1. The van der Waals surface area contributed by atoms with Crippen LogP contribution in [0.25, 0.3) is 0 Å². The van der Waals surface area contributed by atoms with E-state index in [1.165, 1.54) is 12.1 Å². The molecule has 7 heteroatoms. The zero-order valence-electron chi connectivity index (χ0n) is 11.9. The van der Waals surface area contributed by atoms with Crippen molar-refractivity contribution in [1.29, 1.82) is 0 Å². The first-order chi connectivity index (χ1) is 9.88. The maximum absolute atomic E-state index is 12.1. The highest BCUT2D eigenvalue weighted by Gasteiger charge is 2.26. The SMILES string of the molecule is CS(=O)(=O)c1cccc(NC(=O)C(N)C2CCOCC2)c1. The Morgan fingerprint density at radius 2 is 2.05 bits per heavy atom. The van der Waals surface area contributed by atoms with Crippen molar-refractivity contribution < 1.29 is 17.9 Å². The summed E-state index contributed by atoms with van der Waals surface area (Å²) in [5.41, 5.74) is 6.41. The number of nitrogens with two attached hydrogens (primary N) is 1. The first kappa shape index (κ1) is 15.9. The Morgan fingerprint density at radius 1 is 1.38 bits per heavy atom. The summed E-state index contributed by atoms with van der Waals surface area (Å²) in [5.74, 6) is -0.204. The van der Waals surface area contributed by atoms with Gasteiger partial charge < -0.3 is 15.8 Å². The molecule has 116 valence electrons. The van der Waals surface area contributed by atoms with Crippen molar-refractivity contribution in [1.82, 2.24) is 0 Å². The molecule has 1 aliphatic heterocycles. The molecule has 0 aliphatic carbocycles. The number of benzene rings is 1. The Kier molecular flexibility index (Phi) is 4.97. The Hall–Kier alpha value is -1.44. The minimum absolute atomic E-state index is 0.0943. The first-order valence-electron chi connectivity index (χ1n) is 6.82. The number of hydrogen-bond acceptors (Lipinski definition) is 5. The van der Waals surface area contributed by atoms with Crippen LogP contribution in [0.4, 0.5) is 5.69 Å². The average Bonchev–Trinajstić information content (AvgIpc) is 2.47. The van der Waals surface area contributed by atoms with Crippen LogP contribution in [-0.4, -0.2) is 39.8 Å². The van der Waals surface area contributed by atoms with Crippen molar-refractivity contribution in [2.75, 3.05) is 24.8 Å². The standard InChI is InChI=1S/C14H20N2O4S/c1-21(18,19)12-4-2-3-11(9-12)16-14(17)13(15)10-5-7-20-8-6-10/h2-4,9-10,13H,5-8,15H2,1H3,(H,16,17). The second-order valence-electron chi connectivity index (χ2n) is 5.26. The first-order valence-corrected chi connectivity index (χ1v) is 8.71. The van der Waals surface area contributed by atoms with Gasteiger partial charge >= 0.3 is 0 Å². The van der Waals surface area contributed by atoms with Crippen LogP contribution < -0.4 is 11.1 Å². The van der Waals surface area contributed by atoms with Crippen molar-refractivity contribution in [2.45, 2.75) is 23.8 Å². The summed E-state index contributed by atoms with van der Waals surface area (Å²) in [5, 5.41) is 2.68. The van der Waals surface area contributed by atoms with Crippen molar-refractivity contribution >= 4 is 21.4 Å². The van der Waals surface area contributed by atoms with E-state index in [0.29, 0.717) is 18.9 Å². The van der Waals surface area contributed by atoms with Crippen LogP contribution in [0.3, 0.4) is 0 Å². The molecule has 6 nitrogen and oxygen atoms in total. The summed E-state index contributed by atoms with van der Waals surface area (Å²) in [6, 6.07) is 5.54. The van der Waals surface area contributed by atoms with Crippen molar-refractivity contribution in [3.8, 4) is 0 Å². The van der Waals surface area contributed by atoms with E-state index in [2.05, 4.69) is 5.32 Å². The normalized spacial score (nSPS) is 18.2. The highest BCUT2D eigenvalue weighted by atomic mass is 32.2. The van der Waals surface area contributed by atoms with Gasteiger partial charge in [0.2, 0.25) is 5.91 Å². The van der Waals surface area contributed by atoms with Gasteiger partial charge in [0.05, 0.1) is 10.9 Å². The fourth-order valence-corrected chi connectivity index (χ4v) is 2.99. The molecule has 1 aromatic carbocycles. The molecule has 1 saturated heterocycles. The monoisotopic (exact) mass is 312 g/mol. The summed E-state index contributed by atoms with van der Waals surface area (Å²) >= 11 is 0. The predicted molar refractivity (Wildman–Crippen MR) is 79.7 cm³/mol. The van der Waals surface area contributed by atoms with Crippen LogP contribution in [-0.2, 0) is 19.4 Å². The summed E-state index contributed by atoms with van der Waals surface area (Å²) < 4.78 is 28.2. The zero-order chi connectivity index (χ0) is 15.5. The molecular weight excluding hydrogens is 292 g/mol. The number of anilines is 1. The van der Waals surface area contributed by atoms with Crippen LogP contribution in [0.15, 0.2) is 29.2 Å². The van der Waals surface area contributed by atoms with E-state index < -0.39 is 15.9 Å². The van der Waals surface area contributed by atoms with E-state index in [1.807, 2.05) is 0 Å². The molecule has 1 heterocycles. The van der Waals surface area contributed by atoms with Crippen LogP contribution in [0.2, 0.25) is 0 Å². The summed E-state index contributed by atoms with van der Waals surface area (Å²) in [6.07, 6.45) is 2.65. The van der Waals surface area contributed by atoms with Gasteiger partial charge in [0.15, 0.2) is 9.84 Å². The van der Waals surface area contributed by atoms with Gasteiger partial charge in [-0.25, -0.2) is 8.42 Å². The fraction of sp³-hybridized carbons (Fsp3) is 0.500. The number of amides is 1. The average molecular weight is 312 g/mol. The molecule has 0 radical (unpaired) electrons. The fourth-order valence-electron chi connectivity index (χ4n) is 2.32. The van der Waals surface area contributed by atoms with Gasteiger partial charge in [-0.3, -0.25) is 4.79 Å². The van der Waals surface area contributed by atoms with Crippen LogP contribution >= 0.6 is 0 Å². The maximum Gasteiger partial charge on any atom is 0.241 e. The minimum atomic E-state index is -3.30. The molecule has 1 unspecified atom stereocenters. The topological polar surface area (TPSA) is 98.5 Å². The van der Waals surface area contributed by atoms with Gasteiger partial charge in [0.1, 0.15) is 0 Å². The second-order valence-corrected chi connectivity index (χ2v) is 7.28. The molecule has 0 saturated carbocycles. The second kappa shape index (κ2) is 6.55. The highest BCUT2D eigenvalue weighted by molar-refractivity contribution is 7.90. The van der Waals surface area contributed by atoms with E-state index in [4.69, 9.17) is 10.5 Å². The van der Waals surface area contributed by atoms with Gasteiger partial charge in [0.25, 0.3) is 0 Å². The lowest BCUT2D eigenvalue weighted by Crippen LogP contribution is -2.44. The molecule has 1 amide bonds. The van der Waals surface area contributed by atoms with E-state index in [9.17, 15) is 13.2 Å². The largest absolute Gasteiger partial charge is 0.381 e. The number of hydrogen-bond donors (Lipinski definition) is 2. The maximum atomic E-state index is 12.1. The molecule has 21 heavy (non-hydrogen) atoms. The van der Waals surface area contributed by atoms with Gasteiger partial charge in [0, 0.05) is 25.2 Å². The molecule has 1 aliphatic rings. The Morgan fingerprint density at radius 3 is 2.67 bits per heavy atom. The van der Waals surface area contributed by atoms with Gasteiger partial charge in [-0.15, -0.1) is 0 Å². The molecule has 1 fully saturated rings. The van der Waals surface area contributed by atoms with Crippen molar-refractivity contribution in [3.05, 3.63) is 24.3 Å². The lowest BCUT2D eigenvalue weighted by Gasteiger charge is -2.26. The summed E-state index contributed by atoms with van der Waals surface area (Å²) in [7, 11) is -3.30. The molecule has 0 bridgehead atoms. The van der Waals surface area contributed by atoms with Gasteiger partial charge in [-0.2, -0.15) is 0 Å². The lowest BCUT2D eigenvalue weighted by molar-refractivity contribution is -0.119. The predicted octanol–water partition coefficient (Wildman–Crippen LogP) is 0.782. The summed E-state index contributed by atoms with van der Waals surface area (Å²) in [4.78, 5) is 12.3. The van der Waals surface area contributed by atoms with Gasteiger partial charge in [-0.1, -0.05) is 6.07 Å². The van der Waals surface area contributed by atoms with Crippen molar-refractivity contribution in [3.63, 3.8) is 0 Å². The molecular formula is C14H20N2O4S. The van der Waals surface area contributed by atoms with E-state index in [0.717, 1.165) is 19.1 Å². The number of sulfone groups is 1. The summed E-state index contributed by atoms with van der Waals surface area (Å²) in [6.45, 7) is 1.24. The lowest BCUT2D eigenvalue weighted by atomic mass is 9.92. The van der Waals surface area contributed by atoms with Gasteiger partial charge in [-0.05, 0) is 37.0 Å². The number of carbonyl (C=O) groups excluding carboxylic acids is 1. The number of rotatable bonds is 4. The Bertz CT molecular complexity index is 609. The third kappa shape index (κ3) is 4.26. The molecule has 3 N–H and O–H groups in total. The van der Waals surface area contributed by atoms with Crippen LogP contribution in [0.5, 0.6) is 0 Å². The van der Waals surface area contributed by atoms with Crippen LogP contribution in [0.1, 0.15) is 12.8 Å². The van der Waals surface area contributed by atoms with E-state index >= 15 is 0 Å². The molecule has 1 aromatic rings. The third-order valence-electron chi connectivity index (χ3n) is 3.61. The molecule has 0 aromatic heterocycles. The minimum Gasteiger partial charge on any atom is -0.381 e. The number of ether oxygens (including phenoxy) is 1. The third-order valence-corrected chi connectivity index (χ3v) is 4.72. The van der Waals surface area contributed by atoms with Crippen molar-refractivity contribution in [2.24, 2.45) is 11.7 Å². The molecule has 2 rings (SSSR count). The van der Waals surface area contributed by atoms with Crippen LogP contribution in [0, 0.1) is 5.92 Å². The zero-order valence-corrected chi connectivity index (χ0v) is 12.7.